The molecule has 1 amide bonds. The number of carbonyl (C=O) groups is 2. The van der Waals surface area contributed by atoms with Crippen LogP contribution >= 0.6 is 0 Å². The Bertz CT molecular complexity index is 885. The number of fused-ring (bicyclic) bond motifs is 1. The summed E-state index contributed by atoms with van der Waals surface area (Å²) in [6.45, 7) is 0. The fraction of sp³-hybridized carbons (Fsp3) is 0.0556. The molecule has 1 aromatic heterocycles. The van der Waals surface area contributed by atoms with E-state index in [4.69, 9.17) is 0 Å². The number of ether oxygens (including phenoxy) is 1. The molecule has 0 unspecified atom stereocenters. The third-order valence-electron chi connectivity index (χ3n) is 3.43. The van der Waals surface area contributed by atoms with E-state index in [2.05, 4.69) is 15.0 Å². The summed E-state index contributed by atoms with van der Waals surface area (Å²) >= 11 is 0. The van der Waals surface area contributed by atoms with Crippen LogP contribution in [-0.4, -0.2) is 24.0 Å². The lowest BCUT2D eigenvalue weighted by Crippen LogP contribution is -2.13. The van der Waals surface area contributed by atoms with E-state index in [0.29, 0.717) is 22.3 Å². The highest BCUT2D eigenvalue weighted by atomic mass is 16.5. The van der Waals surface area contributed by atoms with Gasteiger partial charge in [-0.1, -0.05) is 24.3 Å². The zero-order valence-corrected chi connectivity index (χ0v) is 12.4. The molecule has 2 aromatic carbocycles. The smallest absolute Gasteiger partial charge is 0.337 e. The molecule has 0 aliphatic heterocycles. The van der Waals surface area contributed by atoms with Gasteiger partial charge in [-0.05, 0) is 30.3 Å². The maximum Gasteiger partial charge on any atom is 0.337 e. The van der Waals surface area contributed by atoms with Crippen molar-refractivity contribution in [2.45, 2.75) is 0 Å². The van der Waals surface area contributed by atoms with Crippen LogP contribution in [0.4, 0.5) is 5.69 Å². The van der Waals surface area contributed by atoms with E-state index in [9.17, 15) is 9.59 Å². The van der Waals surface area contributed by atoms with Crippen molar-refractivity contribution in [1.82, 2.24) is 4.98 Å². The van der Waals surface area contributed by atoms with Gasteiger partial charge >= 0.3 is 5.97 Å². The minimum absolute atomic E-state index is 0.311. The molecule has 1 heterocycles. The molecule has 5 nitrogen and oxygen atoms in total. The third kappa shape index (κ3) is 3.03. The monoisotopic (exact) mass is 306 g/mol. The predicted octanol–water partition coefficient (Wildman–Crippen LogP) is 3.27. The molecule has 0 saturated carbocycles. The van der Waals surface area contributed by atoms with Gasteiger partial charge in [-0.2, -0.15) is 0 Å². The van der Waals surface area contributed by atoms with Gasteiger partial charge in [0.2, 0.25) is 0 Å². The van der Waals surface area contributed by atoms with Crippen LogP contribution in [0.5, 0.6) is 0 Å². The van der Waals surface area contributed by atoms with E-state index in [1.165, 1.54) is 13.2 Å². The van der Waals surface area contributed by atoms with Gasteiger partial charge in [0.05, 0.1) is 23.9 Å². The van der Waals surface area contributed by atoms with E-state index in [1.807, 2.05) is 24.3 Å². The fourth-order valence-electron chi connectivity index (χ4n) is 2.30. The van der Waals surface area contributed by atoms with Gasteiger partial charge in [-0.25, -0.2) is 4.79 Å². The number of carbonyl (C=O) groups excluding carboxylic acids is 2. The van der Waals surface area contributed by atoms with Crippen LogP contribution < -0.4 is 5.32 Å². The van der Waals surface area contributed by atoms with Crippen molar-refractivity contribution in [3.05, 3.63) is 71.9 Å². The molecule has 0 radical (unpaired) electrons. The number of hydrogen-bond acceptors (Lipinski definition) is 4. The van der Waals surface area contributed by atoms with Crippen molar-refractivity contribution in [3.63, 3.8) is 0 Å². The van der Waals surface area contributed by atoms with Gasteiger partial charge < -0.3 is 10.1 Å². The average molecular weight is 306 g/mol. The summed E-state index contributed by atoms with van der Waals surface area (Å²) in [5, 5.41) is 3.77. The van der Waals surface area contributed by atoms with Crippen LogP contribution in [-0.2, 0) is 4.74 Å². The van der Waals surface area contributed by atoms with E-state index >= 15 is 0 Å². The molecular weight excluding hydrogens is 292 g/mol. The number of nitrogens with one attached hydrogen (secondary N) is 1. The Morgan fingerprint density at radius 2 is 1.74 bits per heavy atom. The number of methoxy groups -OCH3 is 1. The second-order valence-electron chi connectivity index (χ2n) is 4.91. The summed E-state index contributed by atoms with van der Waals surface area (Å²) in [4.78, 5) is 28.3. The first-order valence-corrected chi connectivity index (χ1v) is 7.02. The van der Waals surface area contributed by atoms with Crippen LogP contribution in [0, 0.1) is 0 Å². The largest absolute Gasteiger partial charge is 0.465 e. The van der Waals surface area contributed by atoms with Crippen molar-refractivity contribution in [2.75, 3.05) is 12.4 Å². The number of anilines is 1. The van der Waals surface area contributed by atoms with Crippen LogP contribution in [0.2, 0.25) is 0 Å². The normalized spacial score (nSPS) is 10.3. The highest BCUT2D eigenvalue weighted by Gasteiger charge is 2.12. The van der Waals surface area contributed by atoms with Gasteiger partial charge in [0.15, 0.2) is 0 Å². The van der Waals surface area contributed by atoms with Gasteiger partial charge in [-0.15, -0.1) is 0 Å². The first-order valence-electron chi connectivity index (χ1n) is 7.02. The number of amides is 1. The van der Waals surface area contributed by atoms with Gasteiger partial charge in [0, 0.05) is 17.1 Å². The second-order valence-corrected chi connectivity index (χ2v) is 4.91. The molecule has 0 saturated heterocycles. The summed E-state index contributed by atoms with van der Waals surface area (Å²) in [6, 6.07) is 15.7. The van der Waals surface area contributed by atoms with Crippen molar-refractivity contribution in [3.8, 4) is 0 Å². The summed E-state index contributed by atoms with van der Waals surface area (Å²) in [5.74, 6) is -0.791. The number of hydrogen-bond donors (Lipinski definition) is 1. The molecule has 0 aliphatic carbocycles. The van der Waals surface area contributed by atoms with Crippen LogP contribution in [0.1, 0.15) is 20.7 Å². The molecule has 23 heavy (non-hydrogen) atoms. The number of para-hydroxylation sites is 1. The molecule has 5 heteroatoms. The standard InChI is InChI=1S/C18H14N2O3/c1-23-18(22)14-7-2-6-13(11-14)17(21)20-15-9-3-5-12-8-4-10-19-16(12)15/h2-11H,1H3,(H,20,21). The van der Waals surface area contributed by atoms with E-state index in [0.717, 1.165) is 5.39 Å². The Morgan fingerprint density at radius 1 is 1.00 bits per heavy atom. The Balaban J connectivity index is 1.91. The van der Waals surface area contributed by atoms with E-state index < -0.39 is 5.97 Å². The Hall–Kier alpha value is -3.21. The summed E-state index contributed by atoms with van der Waals surface area (Å²) in [6.07, 6.45) is 1.68. The Morgan fingerprint density at radius 3 is 2.57 bits per heavy atom. The second kappa shape index (κ2) is 6.27. The minimum atomic E-state index is -0.480. The summed E-state index contributed by atoms with van der Waals surface area (Å²) in [7, 11) is 1.30. The number of rotatable bonds is 3. The SMILES string of the molecule is COC(=O)c1cccc(C(=O)Nc2cccc3cccnc23)c1. The lowest BCUT2D eigenvalue weighted by atomic mass is 10.1. The molecule has 114 valence electrons. The van der Waals surface area contributed by atoms with Crippen LogP contribution in [0.25, 0.3) is 10.9 Å². The summed E-state index contributed by atoms with van der Waals surface area (Å²) in [5.41, 5.74) is 2.04. The average Bonchev–Trinajstić information content (AvgIpc) is 2.61. The van der Waals surface area contributed by atoms with Crippen molar-refractivity contribution < 1.29 is 14.3 Å². The first kappa shape index (κ1) is 14.7. The summed E-state index contributed by atoms with van der Waals surface area (Å²) < 4.78 is 4.67. The number of esters is 1. The number of benzene rings is 2. The van der Waals surface area contributed by atoms with Crippen molar-refractivity contribution in [2.24, 2.45) is 0 Å². The van der Waals surface area contributed by atoms with Crippen LogP contribution in [0.15, 0.2) is 60.8 Å². The van der Waals surface area contributed by atoms with Gasteiger partial charge in [0.1, 0.15) is 0 Å². The quantitative estimate of drug-likeness (QED) is 0.754. The number of nitrogens with zero attached hydrogens (tertiary/aromatic N) is 1. The van der Waals surface area contributed by atoms with Crippen molar-refractivity contribution in [1.29, 1.82) is 0 Å². The van der Waals surface area contributed by atoms with E-state index in [1.54, 1.807) is 30.5 Å². The highest BCUT2D eigenvalue weighted by Crippen LogP contribution is 2.21. The Labute approximate surface area is 132 Å². The molecule has 3 aromatic rings. The van der Waals surface area contributed by atoms with Gasteiger partial charge in [0.25, 0.3) is 5.91 Å². The highest BCUT2D eigenvalue weighted by molar-refractivity contribution is 6.09. The molecule has 3 rings (SSSR count). The molecular formula is C18H14N2O3. The lowest BCUT2D eigenvalue weighted by Gasteiger charge is -2.08. The first-order chi connectivity index (χ1) is 11.2. The molecule has 0 fully saturated rings. The molecule has 0 aliphatic rings. The number of pyridine rings is 1. The molecule has 0 spiro atoms. The van der Waals surface area contributed by atoms with Crippen molar-refractivity contribution >= 4 is 28.5 Å². The minimum Gasteiger partial charge on any atom is -0.465 e. The van der Waals surface area contributed by atoms with Crippen LogP contribution in [0.3, 0.4) is 0 Å². The zero-order valence-electron chi connectivity index (χ0n) is 12.4. The third-order valence-corrected chi connectivity index (χ3v) is 3.43. The fourth-order valence-corrected chi connectivity index (χ4v) is 2.30. The lowest BCUT2D eigenvalue weighted by molar-refractivity contribution is 0.0600. The maximum absolute atomic E-state index is 12.4. The van der Waals surface area contributed by atoms with Gasteiger partial charge in [-0.3, -0.25) is 9.78 Å². The predicted molar refractivity (Wildman–Crippen MR) is 87.5 cm³/mol. The Kier molecular flexibility index (Phi) is 4.01. The maximum atomic E-state index is 12.4. The van der Waals surface area contributed by atoms with E-state index in [-0.39, 0.29) is 5.91 Å². The molecule has 0 bridgehead atoms. The number of aromatic nitrogens is 1. The molecule has 0 atom stereocenters. The zero-order chi connectivity index (χ0) is 16.2. The molecule has 1 N–H and O–H groups in total. The topological polar surface area (TPSA) is 68.3 Å².